The highest BCUT2D eigenvalue weighted by atomic mass is 32.1. The Bertz CT molecular complexity index is 1020. The molecule has 3 aromatic rings. The summed E-state index contributed by atoms with van der Waals surface area (Å²) >= 11 is 1.63. The summed E-state index contributed by atoms with van der Waals surface area (Å²) in [6, 6.07) is 10.3. The smallest absolute Gasteiger partial charge is 0.254 e. The van der Waals surface area contributed by atoms with Crippen molar-refractivity contribution >= 4 is 27.5 Å². The molecule has 1 aromatic carbocycles. The SMILES string of the molecule is CC1(C)C[C@@H]2C[C@](C)(CN2C(=O)c2ccc3nc(-n4cccc4)sc3c2)C1. The average molecular weight is 380 g/mol. The van der Waals surface area contributed by atoms with Crippen molar-refractivity contribution in [2.24, 2.45) is 10.8 Å². The van der Waals surface area contributed by atoms with Gasteiger partial charge in [-0.15, -0.1) is 0 Å². The maximum Gasteiger partial charge on any atom is 0.254 e. The number of carbonyl (C=O) groups excluding carboxylic acids is 1. The zero-order chi connectivity index (χ0) is 18.8. The van der Waals surface area contributed by atoms with Crippen molar-refractivity contribution in [3.8, 4) is 5.13 Å². The van der Waals surface area contributed by atoms with E-state index in [9.17, 15) is 4.79 Å². The first kappa shape index (κ1) is 17.0. The second kappa shape index (κ2) is 5.68. The molecule has 5 rings (SSSR count). The first-order chi connectivity index (χ1) is 12.8. The minimum Gasteiger partial charge on any atom is -0.335 e. The normalized spacial score (nSPS) is 26.6. The summed E-state index contributed by atoms with van der Waals surface area (Å²) in [7, 11) is 0. The Morgan fingerprint density at radius 3 is 2.74 bits per heavy atom. The van der Waals surface area contributed by atoms with Gasteiger partial charge < -0.3 is 9.47 Å². The Morgan fingerprint density at radius 2 is 1.96 bits per heavy atom. The molecular weight excluding hydrogens is 354 g/mol. The molecular formula is C22H25N3OS. The van der Waals surface area contributed by atoms with Gasteiger partial charge in [-0.1, -0.05) is 32.1 Å². The van der Waals surface area contributed by atoms with Gasteiger partial charge in [0, 0.05) is 30.5 Å². The van der Waals surface area contributed by atoms with E-state index in [1.54, 1.807) is 11.3 Å². The fourth-order valence-electron chi connectivity index (χ4n) is 5.48. The topological polar surface area (TPSA) is 38.1 Å². The fraction of sp³-hybridized carbons (Fsp3) is 0.455. The number of aromatic nitrogens is 2. The van der Waals surface area contributed by atoms with Crippen molar-refractivity contribution in [2.75, 3.05) is 6.54 Å². The number of likely N-dealkylation sites (tertiary alicyclic amines) is 1. The summed E-state index contributed by atoms with van der Waals surface area (Å²) in [6.07, 6.45) is 7.44. The average Bonchev–Trinajstić information content (AvgIpc) is 3.29. The summed E-state index contributed by atoms with van der Waals surface area (Å²) in [5, 5.41) is 0.936. The van der Waals surface area contributed by atoms with Crippen molar-refractivity contribution in [2.45, 2.75) is 46.1 Å². The van der Waals surface area contributed by atoms with Gasteiger partial charge in [0.1, 0.15) is 0 Å². The van der Waals surface area contributed by atoms with Crippen LogP contribution >= 0.6 is 11.3 Å². The Balaban J connectivity index is 1.46. The second-order valence-corrected chi connectivity index (χ2v) is 10.4. The van der Waals surface area contributed by atoms with Crippen LogP contribution in [0.3, 0.4) is 0 Å². The van der Waals surface area contributed by atoms with Gasteiger partial charge in [-0.3, -0.25) is 4.79 Å². The Kier molecular flexibility index (Phi) is 3.57. The Morgan fingerprint density at radius 1 is 1.19 bits per heavy atom. The molecule has 4 nitrogen and oxygen atoms in total. The largest absolute Gasteiger partial charge is 0.335 e. The highest BCUT2D eigenvalue weighted by Gasteiger charge is 2.51. The molecule has 1 aliphatic heterocycles. The molecule has 5 heteroatoms. The van der Waals surface area contributed by atoms with Gasteiger partial charge >= 0.3 is 0 Å². The number of carbonyl (C=O) groups is 1. The fourth-order valence-corrected chi connectivity index (χ4v) is 6.45. The third-order valence-electron chi connectivity index (χ3n) is 6.13. The maximum absolute atomic E-state index is 13.3. The third-order valence-corrected chi connectivity index (χ3v) is 7.16. The summed E-state index contributed by atoms with van der Waals surface area (Å²) < 4.78 is 3.08. The van der Waals surface area contributed by atoms with E-state index in [1.807, 2.05) is 47.3 Å². The molecule has 1 aliphatic carbocycles. The lowest BCUT2D eigenvalue weighted by molar-refractivity contribution is 0.0708. The van der Waals surface area contributed by atoms with Crippen molar-refractivity contribution < 1.29 is 4.79 Å². The molecule has 1 amide bonds. The molecule has 2 fully saturated rings. The molecule has 0 spiro atoms. The summed E-state index contributed by atoms with van der Waals surface area (Å²) in [5.41, 5.74) is 2.32. The van der Waals surface area contributed by atoms with E-state index in [4.69, 9.17) is 4.98 Å². The molecule has 3 heterocycles. The van der Waals surface area contributed by atoms with Crippen molar-refractivity contribution in [3.63, 3.8) is 0 Å². The monoisotopic (exact) mass is 379 g/mol. The van der Waals surface area contributed by atoms with Crippen molar-refractivity contribution in [1.29, 1.82) is 0 Å². The standard InChI is InChI=1S/C22H25N3OS/c1-21(2)11-16-12-22(3,13-21)14-25(16)19(26)15-6-7-17-18(10-15)27-20(23-17)24-8-4-5-9-24/h4-10,16H,11-14H2,1-3H3/t16-,22+/m1/s1. The molecule has 27 heavy (non-hydrogen) atoms. The van der Waals surface area contributed by atoms with Crippen LogP contribution in [0.1, 0.15) is 50.4 Å². The van der Waals surface area contributed by atoms with Crippen LogP contribution in [0.15, 0.2) is 42.7 Å². The molecule has 0 radical (unpaired) electrons. The molecule has 1 saturated heterocycles. The zero-order valence-corrected chi connectivity index (χ0v) is 16.9. The molecule has 140 valence electrons. The number of nitrogens with zero attached hydrogens (tertiary/aromatic N) is 3. The maximum atomic E-state index is 13.3. The Hall–Kier alpha value is -2.14. The number of benzene rings is 1. The highest BCUT2D eigenvalue weighted by molar-refractivity contribution is 7.20. The van der Waals surface area contributed by atoms with Crippen LogP contribution in [-0.2, 0) is 0 Å². The highest BCUT2D eigenvalue weighted by Crippen LogP contribution is 2.52. The zero-order valence-electron chi connectivity index (χ0n) is 16.1. The van der Waals surface area contributed by atoms with Crippen LogP contribution in [0.5, 0.6) is 0 Å². The van der Waals surface area contributed by atoms with Crippen LogP contribution in [0.25, 0.3) is 15.3 Å². The molecule has 2 aliphatic rings. The van der Waals surface area contributed by atoms with Gasteiger partial charge in [0.15, 0.2) is 5.13 Å². The van der Waals surface area contributed by atoms with Crippen LogP contribution in [-0.4, -0.2) is 32.9 Å². The van der Waals surface area contributed by atoms with E-state index in [0.717, 1.165) is 40.3 Å². The van der Waals surface area contributed by atoms with E-state index >= 15 is 0 Å². The predicted octanol–water partition coefficient (Wildman–Crippen LogP) is 5.13. The number of hydrogen-bond donors (Lipinski definition) is 0. The first-order valence-corrected chi connectivity index (χ1v) is 10.5. The van der Waals surface area contributed by atoms with E-state index in [0.29, 0.717) is 11.5 Å². The van der Waals surface area contributed by atoms with Crippen molar-refractivity contribution in [3.05, 3.63) is 48.3 Å². The second-order valence-electron chi connectivity index (χ2n) is 9.42. The molecule has 2 aromatic heterocycles. The molecule has 2 atom stereocenters. The number of amides is 1. The molecule has 1 saturated carbocycles. The lowest BCUT2D eigenvalue weighted by Gasteiger charge is -2.39. The number of hydrogen-bond acceptors (Lipinski definition) is 3. The van der Waals surface area contributed by atoms with Gasteiger partial charge in [0.25, 0.3) is 5.91 Å². The summed E-state index contributed by atoms with van der Waals surface area (Å²) in [4.78, 5) is 20.2. The van der Waals surface area contributed by atoms with Gasteiger partial charge in [-0.05, 0) is 60.4 Å². The van der Waals surface area contributed by atoms with E-state index in [2.05, 4.69) is 25.7 Å². The molecule has 2 bridgehead atoms. The van der Waals surface area contributed by atoms with Gasteiger partial charge in [0.2, 0.25) is 0 Å². The molecule has 0 unspecified atom stereocenters. The number of fused-ring (bicyclic) bond motifs is 3. The minimum absolute atomic E-state index is 0.180. The summed E-state index contributed by atoms with van der Waals surface area (Å²) in [6.45, 7) is 7.92. The summed E-state index contributed by atoms with van der Waals surface area (Å²) in [5.74, 6) is 0.180. The first-order valence-electron chi connectivity index (χ1n) is 9.67. The van der Waals surface area contributed by atoms with Crippen LogP contribution in [0, 0.1) is 10.8 Å². The Labute approximate surface area is 163 Å². The number of thiazole rings is 1. The predicted molar refractivity (Wildman–Crippen MR) is 110 cm³/mol. The number of rotatable bonds is 2. The van der Waals surface area contributed by atoms with Crippen LogP contribution < -0.4 is 0 Å². The van der Waals surface area contributed by atoms with Crippen LogP contribution in [0.4, 0.5) is 0 Å². The van der Waals surface area contributed by atoms with E-state index < -0.39 is 0 Å². The van der Waals surface area contributed by atoms with Gasteiger partial charge in [-0.25, -0.2) is 4.98 Å². The van der Waals surface area contributed by atoms with Crippen LogP contribution in [0.2, 0.25) is 0 Å². The quantitative estimate of drug-likeness (QED) is 0.619. The molecule has 0 N–H and O–H groups in total. The van der Waals surface area contributed by atoms with Gasteiger partial charge in [-0.2, -0.15) is 0 Å². The lowest BCUT2D eigenvalue weighted by atomic mass is 9.65. The minimum atomic E-state index is 0.180. The third kappa shape index (κ3) is 2.89. The van der Waals surface area contributed by atoms with Gasteiger partial charge in [0.05, 0.1) is 10.2 Å². The van der Waals surface area contributed by atoms with Crippen molar-refractivity contribution in [1.82, 2.24) is 14.5 Å². The lowest BCUT2D eigenvalue weighted by Crippen LogP contribution is -2.37. The van der Waals surface area contributed by atoms with E-state index in [1.165, 1.54) is 6.42 Å². The van der Waals surface area contributed by atoms with E-state index in [-0.39, 0.29) is 11.3 Å².